The molecule has 0 unspecified atom stereocenters. The van der Waals surface area contributed by atoms with Crippen LogP contribution in [0, 0.1) is 0 Å². The standard InChI is InChI=1S/C12H17NO3/c1-9-5-13(6-10(2)15-9)7-11-3-4-12(8-14)16-11/h3-4,8-10H,5-7H2,1-2H3/t9-,10+. The van der Waals surface area contributed by atoms with Crippen LogP contribution in [0.1, 0.15) is 30.2 Å². The van der Waals surface area contributed by atoms with E-state index in [-0.39, 0.29) is 12.2 Å². The Kier molecular flexibility index (Phi) is 3.41. The van der Waals surface area contributed by atoms with E-state index in [1.54, 1.807) is 6.07 Å². The number of ether oxygens (including phenoxy) is 1. The molecule has 0 N–H and O–H groups in total. The molecule has 0 bridgehead atoms. The maximum atomic E-state index is 10.5. The van der Waals surface area contributed by atoms with Gasteiger partial charge in [0.2, 0.25) is 0 Å². The molecule has 1 aliphatic heterocycles. The zero-order chi connectivity index (χ0) is 11.5. The average molecular weight is 223 g/mol. The topological polar surface area (TPSA) is 42.7 Å². The summed E-state index contributed by atoms with van der Waals surface area (Å²) in [6.07, 6.45) is 1.24. The molecule has 1 aliphatic rings. The van der Waals surface area contributed by atoms with Crippen LogP contribution in [0.3, 0.4) is 0 Å². The Bertz CT molecular complexity index is 351. The molecule has 0 amide bonds. The molecule has 2 heterocycles. The fraction of sp³-hybridized carbons (Fsp3) is 0.583. The third-order valence-corrected chi connectivity index (χ3v) is 2.67. The predicted molar refractivity (Wildman–Crippen MR) is 59.4 cm³/mol. The summed E-state index contributed by atoms with van der Waals surface area (Å²) < 4.78 is 11.0. The van der Waals surface area contributed by atoms with Gasteiger partial charge in [-0.1, -0.05) is 0 Å². The van der Waals surface area contributed by atoms with Gasteiger partial charge in [0.05, 0.1) is 18.8 Å². The normalized spacial score (nSPS) is 26.9. The number of nitrogens with zero attached hydrogens (tertiary/aromatic N) is 1. The van der Waals surface area contributed by atoms with Crippen molar-refractivity contribution in [3.05, 3.63) is 23.7 Å². The van der Waals surface area contributed by atoms with Gasteiger partial charge in [0.1, 0.15) is 5.76 Å². The number of furan rings is 1. The number of rotatable bonds is 3. The van der Waals surface area contributed by atoms with Crippen LogP contribution in [0.15, 0.2) is 16.5 Å². The molecule has 1 aromatic heterocycles. The lowest BCUT2D eigenvalue weighted by Crippen LogP contribution is -2.44. The van der Waals surface area contributed by atoms with Crippen molar-refractivity contribution in [1.82, 2.24) is 4.90 Å². The molecule has 0 saturated carbocycles. The van der Waals surface area contributed by atoms with Crippen LogP contribution in [0.25, 0.3) is 0 Å². The Balaban J connectivity index is 1.95. The SMILES string of the molecule is C[C@@H]1CN(Cc2ccc(C=O)o2)C[C@H](C)O1. The highest BCUT2D eigenvalue weighted by Crippen LogP contribution is 2.15. The Morgan fingerprint density at radius 3 is 2.62 bits per heavy atom. The van der Waals surface area contributed by atoms with Gasteiger partial charge in [-0.2, -0.15) is 0 Å². The summed E-state index contributed by atoms with van der Waals surface area (Å²) >= 11 is 0. The molecule has 2 rings (SSSR count). The van der Waals surface area contributed by atoms with E-state index in [0.717, 1.165) is 31.7 Å². The van der Waals surface area contributed by atoms with Crippen LogP contribution in [-0.2, 0) is 11.3 Å². The van der Waals surface area contributed by atoms with Gasteiger partial charge in [0, 0.05) is 13.1 Å². The van der Waals surface area contributed by atoms with Crippen LogP contribution < -0.4 is 0 Å². The maximum absolute atomic E-state index is 10.5. The predicted octanol–water partition coefficient (Wildman–Crippen LogP) is 1.70. The van der Waals surface area contributed by atoms with E-state index in [4.69, 9.17) is 9.15 Å². The minimum absolute atomic E-state index is 0.254. The highest BCUT2D eigenvalue weighted by atomic mass is 16.5. The molecule has 1 saturated heterocycles. The quantitative estimate of drug-likeness (QED) is 0.731. The summed E-state index contributed by atoms with van der Waals surface area (Å²) in [7, 11) is 0. The summed E-state index contributed by atoms with van der Waals surface area (Å²) in [5, 5.41) is 0. The lowest BCUT2D eigenvalue weighted by molar-refractivity contribution is -0.0718. The van der Waals surface area contributed by atoms with E-state index < -0.39 is 0 Å². The number of hydrogen-bond donors (Lipinski definition) is 0. The number of morpholine rings is 1. The Morgan fingerprint density at radius 2 is 2.06 bits per heavy atom. The van der Waals surface area contributed by atoms with Gasteiger partial charge >= 0.3 is 0 Å². The Hall–Kier alpha value is -1.13. The van der Waals surface area contributed by atoms with Gasteiger partial charge in [-0.3, -0.25) is 9.69 Å². The maximum Gasteiger partial charge on any atom is 0.185 e. The first kappa shape index (κ1) is 11.4. The van der Waals surface area contributed by atoms with Crippen molar-refractivity contribution in [3.63, 3.8) is 0 Å². The summed E-state index contributed by atoms with van der Waals surface area (Å²) in [4.78, 5) is 12.8. The van der Waals surface area contributed by atoms with E-state index in [2.05, 4.69) is 18.7 Å². The van der Waals surface area contributed by atoms with Crippen LogP contribution in [0.5, 0.6) is 0 Å². The van der Waals surface area contributed by atoms with Crippen LogP contribution >= 0.6 is 0 Å². The molecule has 1 fully saturated rings. The number of aldehydes is 1. The fourth-order valence-electron chi connectivity index (χ4n) is 2.18. The van der Waals surface area contributed by atoms with Gasteiger partial charge in [-0.25, -0.2) is 0 Å². The van der Waals surface area contributed by atoms with Crippen molar-refractivity contribution < 1.29 is 13.9 Å². The van der Waals surface area contributed by atoms with Crippen molar-refractivity contribution in [1.29, 1.82) is 0 Å². The van der Waals surface area contributed by atoms with E-state index in [1.807, 2.05) is 6.07 Å². The molecule has 4 nitrogen and oxygen atoms in total. The smallest absolute Gasteiger partial charge is 0.185 e. The molecule has 0 aliphatic carbocycles. The molecule has 16 heavy (non-hydrogen) atoms. The minimum Gasteiger partial charge on any atom is -0.457 e. The highest BCUT2D eigenvalue weighted by molar-refractivity contribution is 5.70. The lowest BCUT2D eigenvalue weighted by Gasteiger charge is -2.34. The van der Waals surface area contributed by atoms with E-state index in [9.17, 15) is 4.79 Å². The molecular formula is C12H17NO3. The van der Waals surface area contributed by atoms with Crippen LogP contribution in [0.4, 0.5) is 0 Å². The molecule has 0 radical (unpaired) electrons. The van der Waals surface area contributed by atoms with Gasteiger partial charge in [-0.05, 0) is 26.0 Å². The van der Waals surface area contributed by atoms with Gasteiger partial charge < -0.3 is 9.15 Å². The molecule has 4 heteroatoms. The summed E-state index contributed by atoms with van der Waals surface area (Å²) in [5.74, 6) is 1.23. The van der Waals surface area contributed by atoms with Crippen molar-refractivity contribution in [2.45, 2.75) is 32.6 Å². The highest BCUT2D eigenvalue weighted by Gasteiger charge is 2.22. The van der Waals surface area contributed by atoms with Crippen molar-refractivity contribution in [2.75, 3.05) is 13.1 Å². The summed E-state index contributed by atoms with van der Waals surface area (Å²) in [6.45, 7) is 6.69. The van der Waals surface area contributed by atoms with E-state index >= 15 is 0 Å². The lowest BCUT2D eigenvalue weighted by atomic mass is 10.2. The van der Waals surface area contributed by atoms with Crippen LogP contribution in [0.2, 0.25) is 0 Å². The first-order valence-corrected chi connectivity index (χ1v) is 5.59. The minimum atomic E-state index is 0.254. The van der Waals surface area contributed by atoms with E-state index in [1.165, 1.54) is 0 Å². The van der Waals surface area contributed by atoms with Crippen molar-refractivity contribution in [2.24, 2.45) is 0 Å². The summed E-state index contributed by atoms with van der Waals surface area (Å²) in [6, 6.07) is 3.56. The summed E-state index contributed by atoms with van der Waals surface area (Å²) in [5.41, 5.74) is 0. The second kappa shape index (κ2) is 4.80. The van der Waals surface area contributed by atoms with Gasteiger partial charge in [-0.15, -0.1) is 0 Å². The third-order valence-electron chi connectivity index (χ3n) is 2.67. The first-order valence-electron chi connectivity index (χ1n) is 5.59. The molecule has 0 spiro atoms. The molecule has 88 valence electrons. The monoisotopic (exact) mass is 223 g/mol. The second-order valence-electron chi connectivity index (χ2n) is 4.37. The molecule has 1 aromatic rings. The molecular weight excluding hydrogens is 206 g/mol. The largest absolute Gasteiger partial charge is 0.457 e. The zero-order valence-electron chi connectivity index (χ0n) is 9.68. The fourth-order valence-corrected chi connectivity index (χ4v) is 2.18. The molecule has 0 aromatic carbocycles. The van der Waals surface area contributed by atoms with Crippen molar-refractivity contribution in [3.8, 4) is 0 Å². The molecule has 2 atom stereocenters. The van der Waals surface area contributed by atoms with Crippen LogP contribution in [-0.4, -0.2) is 36.5 Å². The van der Waals surface area contributed by atoms with E-state index in [0.29, 0.717) is 5.76 Å². The van der Waals surface area contributed by atoms with Gasteiger partial charge in [0.25, 0.3) is 0 Å². The average Bonchev–Trinajstić information content (AvgIpc) is 2.64. The number of hydrogen-bond acceptors (Lipinski definition) is 4. The third kappa shape index (κ3) is 2.71. The number of carbonyl (C=O) groups is 1. The second-order valence-corrected chi connectivity index (χ2v) is 4.37. The number of carbonyl (C=O) groups excluding carboxylic acids is 1. The van der Waals surface area contributed by atoms with Crippen molar-refractivity contribution >= 4 is 6.29 Å². The first-order chi connectivity index (χ1) is 7.67. The van der Waals surface area contributed by atoms with Gasteiger partial charge in [0.15, 0.2) is 12.0 Å². The zero-order valence-corrected chi connectivity index (χ0v) is 9.68. The Morgan fingerprint density at radius 1 is 1.38 bits per heavy atom. The Labute approximate surface area is 95.2 Å².